The van der Waals surface area contributed by atoms with Crippen LogP contribution in [0.1, 0.15) is 33.3 Å². The second-order valence-electron chi connectivity index (χ2n) is 6.86. The second kappa shape index (κ2) is 7.68. The summed E-state index contributed by atoms with van der Waals surface area (Å²) in [5, 5.41) is 0.0921. The van der Waals surface area contributed by atoms with Crippen LogP contribution in [0.25, 0.3) is 6.08 Å². The Kier molecular flexibility index (Phi) is 6.44. The third-order valence-corrected chi connectivity index (χ3v) is 8.40. The molecule has 0 amide bonds. The van der Waals surface area contributed by atoms with Crippen LogP contribution in [0.15, 0.2) is 24.3 Å². The van der Waals surface area contributed by atoms with E-state index in [4.69, 9.17) is 13.9 Å². The van der Waals surface area contributed by atoms with Crippen LogP contribution >= 0.6 is 0 Å². The van der Waals surface area contributed by atoms with Gasteiger partial charge in [0.1, 0.15) is 5.75 Å². The molecular formula is C18H28O4Si. The number of carbonyl (C=O) groups excluding carboxylic acids is 1. The number of esters is 1. The summed E-state index contributed by atoms with van der Waals surface area (Å²) in [5.41, 5.74) is 0.868. The van der Waals surface area contributed by atoms with E-state index in [1.54, 1.807) is 20.1 Å². The number of methoxy groups -OCH3 is 1. The molecule has 1 aromatic carbocycles. The summed E-state index contributed by atoms with van der Waals surface area (Å²) < 4.78 is 16.6. The van der Waals surface area contributed by atoms with Crippen molar-refractivity contribution in [2.24, 2.45) is 0 Å². The van der Waals surface area contributed by atoms with E-state index in [-0.39, 0.29) is 11.0 Å². The normalized spacial score (nSPS) is 12.3. The molecule has 0 aliphatic rings. The summed E-state index contributed by atoms with van der Waals surface area (Å²) in [6.07, 6.45) is 3.14. The Morgan fingerprint density at radius 1 is 1.22 bits per heavy atom. The van der Waals surface area contributed by atoms with Crippen molar-refractivity contribution < 1.29 is 18.7 Å². The molecule has 0 atom stereocenters. The van der Waals surface area contributed by atoms with Gasteiger partial charge in [-0.3, -0.25) is 0 Å². The quantitative estimate of drug-likeness (QED) is 0.431. The van der Waals surface area contributed by atoms with E-state index >= 15 is 0 Å². The van der Waals surface area contributed by atoms with Crippen molar-refractivity contribution in [3.05, 3.63) is 29.8 Å². The number of rotatable bonds is 6. The first-order valence-electron chi connectivity index (χ1n) is 7.82. The summed E-state index contributed by atoms with van der Waals surface area (Å²) >= 11 is 0. The standard InChI is InChI=1S/C18H28O4Si/c1-8-21-17(19)12-10-14-9-11-15(20-5)16(13-14)22-23(6,7)18(2,3)4/h9-13H,8H2,1-7H3/b12-10+. The smallest absolute Gasteiger partial charge is 0.330 e. The second-order valence-corrected chi connectivity index (χ2v) is 11.6. The Balaban J connectivity index is 3.07. The van der Waals surface area contributed by atoms with Gasteiger partial charge >= 0.3 is 5.97 Å². The maximum Gasteiger partial charge on any atom is 0.330 e. The van der Waals surface area contributed by atoms with Gasteiger partial charge in [-0.1, -0.05) is 26.8 Å². The van der Waals surface area contributed by atoms with Crippen LogP contribution in [-0.2, 0) is 9.53 Å². The fourth-order valence-electron chi connectivity index (χ4n) is 1.66. The molecule has 1 aromatic rings. The molecule has 23 heavy (non-hydrogen) atoms. The van der Waals surface area contributed by atoms with Gasteiger partial charge in [0.05, 0.1) is 13.7 Å². The first-order valence-corrected chi connectivity index (χ1v) is 10.7. The summed E-state index contributed by atoms with van der Waals surface area (Å²) in [4.78, 5) is 11.4. The summed E-state index contributed by atoms with van der Waals surface area (Å²) in [7, 11) is -0.343. The van der Waals surface area contributed by atoms with Crippen LogP contribution in [0.5, 0.6) is 11.5 Å². The lowest BCUT2D eigenvalue weighted by molar-refractivity contribution is -0.137. The highest BCUT2D eigenvalue weighted by atomic mass is 28.4. The molecule has 0 fully saturated rings. The van der Waals surface area contributed by atoms with Crippen LogP contribution in [0.3, 0.4) is 0 Å². The van der Waals surface area contributed by atoms with Crippen LogP contribution in [-0.4, -0.2) is 28.0 Å². The molecule has 0 N–H and O–H groups in total. The van der Waals surface area contributed by atoms with Crippen LogP contribution in [0, 0.1) is 0 Å². The molecule has 4 nitrogen and oxygen atoms in total. The van der Waals surface area contributed by atoms with Crippen LogP contribution < -0.4 is 9.16 Å². The van der Waals surface area contributed by atoms with E-state index < -0.39 is 8.32 Å². The molecule has 5 heteroatoms. The van der Waals surface area contributed by atoms with Crippen molar-refractivity contribution in [1.82, 2.24) is 0 Å². The molecule has 0 radical (unpaired) electrons. The maximum absolute atomic E-state index is 11.4. The third-order valence-electron chi connectivity index (χ3n) is 4.06. The van der Waals surface area contributed by atoms with Gasteiger partial charge in [0, 0.05) is 6.08 Å². The van der Waals surface area contributed by atoms with Crippen molar-refractivity contribution >= 4 is 20.4 Å². The largest absolute Gasteiger partial charge is 0.541 e. The zero-order chi connectivity index (χ0) is 17.7. The Labute approximate surface area is 140 Å². The highest BCUT2D eigenvalue weighted by Gasteiger charge is 2.39. The van der Waals surface area contributed by atoms with Crippen molar-refractivity contribution in [3.8, 4) is 11.5 Å². The number of ether oxygens (including phenoxy) is 2. The molecule has 1 rings (SSSR count). The Bertz CT molecular complexity index is 571. The van der Waals surface area contributed by atoms with Crippen molar-refractivity contribution in [2.45, 2.75) is 45.8 Å². The van der Waals surface area contributed by atoms with Gasteiger partial charge < -0.3 is 13.9 Å². The number of hydrogen-bond donors (Lipinski definition) is 0. The molecule has 0 aromatic heterocycles. The predicted octanol–water partition coefficient (Wildman–Crippen LogP) is 4.66. The molecule has 0 unspecified atom stereocenters. The van der Waals surface area contributed by atoms with E-state index in [0.717, 1.165) is 5.56 Å². The topological polar surface area (TPSA) is 44.8 Å². The molecule has 0 spiro atoms. The first-order chi connectivity index (χ1) is 10.6. The monoisotopic (exact) mass is 336 g/mol. The zero-order valence-corrected chi connectivity index (χ0v) is 16.2. The predicted molar refractivity (Wildman–Crippen MR) is 96.5 cm³/mol. The van der Waals surface area contributed by atoms with Gasteiger partial charge in [-0.05, 0) is 48.8 Å². The minimum atomic E-state index is -1.97. The lowest BCUT2D eigenvalue weighted by atomic mass is 10.2. The molecule has 128 valence electrons. The zero-order valence-electron chi connectivity index (χ0n) is 15.2. The van der Waals surface area contributed by atoms with E-state index in [1.807, 2.05) is 18.2 Å². The average molecular weight is 337 g/mol. The summed E-state index contributed by atoms with van der Waals surface area (Å²) in [6.45, 7) is 13.1. The fourth-order valence-corrected chi connectivity index (χ4v) is 2.67. The summed E-state index contributed by atoms with van der Waals surface area (Å²) in [6, 6.07) is 5.63. The number of benzene rings is 1. The minimum Gasteiger partial charge on any atom is -0.541 e. The third kappa shape index (κ3) is 5.43. The van der Waals surface area contributed by atoms with E-state index in [9.17, 15) is 4.79 Å². The molecule has 0 saturated carbocycles. The van der Waals surface area contributed by atoms with Crippen molar-refractivity contribution in [1.29, 1.82) is 0 Å². The molecular weight excluding hydrogens is 308 g/mol. The maximum atomic E-state index is 11.4. The summed E-state index contributed by atoms with van der Waals surface area (Å²) in [5.74, 6) is 1.06. The fraction of sp³-hybridized carbons (Fsp3) is 0.500. The van der Waals surface area contributed by atoms with Gasteiger partial charge in [-0.15, -0.1) is 0 Å². The van der Waals surface area contributed by atoms with Gasteiger partial charge in [0.15, 0.2) is 5.75 Å². The van der Waals surface area contributed by atoms with Gasteiger partial charge in [0.2, 0.25) is 0 Å². The lowest BCUT2D eigenvalue weighted by Crippen LogP contribution is -2.43. The van der Waals surface area contributed by atoms with Gasteiger partial charge in [-0.2, -0.15) is 0 Å². The van der Waals surface area contributed by atoms with Crippen LogP contribution in [0.4, 0.5) is 0 Å². The SMILES string of the molecule is CCOC(=O)/C=C/c1ccc(OC)c(O[Si](C)(C)C(C)(C)C)c1. The minimum absolute atomic E-state index is 0.0921. The molecule has 0 aliphatic carbocycles. The highest BCUT2D eigenvalue weighted by molar-refractivity contribution is 6.74. The lowest BCUT2D eigenvalue weighted by Gasteiger charge is -2.36. The van der Waals surface area contributed by atoms with Crippen molar-refractivity contribution in [2.75, 3.05) is 13.7 Å². The molecule has 0 bridgehead atoms. The molecule has 0 aliphatic heterocycles. The van der Waals surface area contributed by atoms with Crippen molar-refractivity contribution in [3.63, 3.8) is 0 Å². The molecule has 0 heterocycles. The number of carbonyl (C=O) groups is 1. The van der Waals surface area contributed by atoms with Gasteiger partial charge in [-0.25, -0.2) is 4.79 Å². The van der Waals surface area contributed by atoms with Gasteiger partial charge in [0.25, 0.3) is 8.32 Å². The number of hydrogen-bond acceptors (Lipinski definition) is 4. The van der Waals surface area contributed by atoms with Crippen LogP contribution in [0.2, 0.25) is 18.1 Å². The van der Waals surface area contributed by atoms with E-state index in [2.05, 4.69) is 33.9 Å². The first kappa shape index (κ1) is 19.3. The Morgan fingerprint density at radius 2 is 1.87 bits per heavy atom. The van der Waals surface area contributed by atoms with E-state index in [1.165, 1.54) is 6.08 Å². The Hall–Kier alpha value is -1.75. The average Bonchev–Trinajstić information content (AvgIpc) is 2.44. The highest BCUT2D eigenvalue weighted by Crippen LogP contribution is 2.40. The molecule has 0 saturated heterocycles. The van der Waals surface area contributed by atoms with E-state index in [0.29, 0.717) is 18.1 Å². The Morgan fingerprint density at radius 3 is 2.39 bits per heavy atom.